The summed E-state index contributed by atoms with van der Waals surface area (Å²) < 4.78 is 27.0. The highest BCUT2D eigenvalue weighted by atomic mass is 19.1. The molecule has 0 radical (unpaired) electrons. The molecular weight excluding hydrogens is 314 g/mol. The number of hydrogen-bond donors (Lipinski definition) is 2. The maximum atomic E-state index is 13.5. The molecule has 4 nitrogen and oxygen atoms in total. The fourth-order valence-corrected chi connectivity index (χ4v) is 2.24. The third-order valence-corrected chi connectivity index (χ3v) is 3.65. The van der Waals surface area contributed by atoms with E-state index in [9.17, 15) is 18.4 Å². The summed E-state index contributed by atoms with van der Waals surface area (Å²) in [5, 5.41) is 4.49. The molecule has 0 saturated carbocycles. The average molecular weight is 332 g/mol. The normalized spacial score (nSPS) is 11.7. The Morgan fingerprint density at radius 1 is 1.04 bits per heavy atom. The molecule has 2 rings (SSSR count). The van der Waals surface area contributed by atoms with Crippen molar-refractivity contribution in [1.82, 2.24) is 10.6 Å². The number of hydrogen-bond acceptors (Lipinski definition) is 2. The molecule has 24 heavy (non-hydrogen) atoms. The van der Waals surface area contributed by atoms with Crippen molar-refractivity contribution in [3.63, 3.8) is 0 Å². The molecule has 0 fully saturated rings. The zero-order valence-electron chi connectivity index (χ0n) is 13.4. The molecule has 0 saturated heterocycles. The van der Waals surface area contributed by atoms with E-state index in [1.165, 1.54) is 5.56 Å². The van der Waals surface area contributed by atoms with Crippen LogP contribution in [0.15, 0.2) is 42.5 Å². The molecule has 1 atom stereocenters. The first kappa shape index (κ1) is 17.6. The summed E-state index contributed by atoms with van der Waals surface area (Å²) in [5.74, 6) is -3.18. The van der Waals surface area contributed by atoms with Gasteiger partial charge >= 0.3 is 6.03 Å². The number of nitrogens with one attached hydrogen (secondary N) is 2. The van der Waals surface area contributed by atoms with Crippen LogP contribution in [0.4, 0.5) is 13.6 Å². The quantitative estimate of drug-likeness (QED) is 0.896. The van der Waals surface area contributed by atoms with Gasteiger partial charge < -0.3 is 5.32 Å². The molecule has 2 aromatic carbocycles. The van der Waals surface area contributed by atoms with Crippen LogP contribution in [0.25, 0.3) is 0 Å². The van der Waals surface area contributed by atoms with Gasteiger partial charge in [0.1, 0.15) is 17.2 Å². The Morgan fingerprint density at radius 3 is 2.17 bits per heavy atom. The smallest absolute Gasteiger partial charge is 0.322 e. The van der Waals surface area contributed by atoms with Crippen LogP contribution in [-0.2, 0) is 6.42 Å². The third-order valence-electron chi connectivity index (χ3n) is 3.65. The van der Waals surface area contributed by atoms with Crippen molar-refractivity contribution < 1.29 is 18.4 Å². The summed E-state index contributed by atoms with van der Waals surface area (Å²) in [5.41, 5.74) is 1.24. The van der Waals surface area contributed by atoms with Crippen LogP contribution in [0.1, 0.15) is 41.4 Å². The van der Waals surface area contributed by atoms with E-state index in [-0.39, 0.29) is 6.04 Å². The zero-order chi connectivity index (χ0) is 17.7. The van der Waals surface area contributed by atoms with Crippen molar-refractivity contribution in [1.29, 1.82) is 0 Å². The second kappa shape index (κ2) is 7.68. The number of carbonyl (C=O) groups excluding carboxylic acids is 2. The van der Waals surface area contributed by atoms with Crippen molar-refractivity contribution in [3.8, 4) is 0 Å². The van der Waals surface area contributed by atoms with Crippen LogP contribution >= 0.6 is 0 Å². The second-order valence-electron chi connectivity index (χ2n) is 5.34. The van der Waals surface area contributed by atoms with Gasteiger partial charge in [-0.1, -0.05) is 37.3 Å². The molecule has 0 aliphatic carbocycles. The summed E-state index contributed by atoms with van der Waals surface area (Å²) in [7, 11) is 0. The lowest BCUT2D eigenvalue weighted by Gasteiger charge is -2.15. The molecule has 6 heteroatoms. The van der Waals surface area contributed by atoms with Gasteiger partial charge in [-0.3, -0.25) is 10.1 Å². The fourth-order valence-electron chi connectivity index (χ4n) is 2.24. The minimum Gasteiger partial charge on any atom is -0.331 e. The van der Waals surface area contributed by atoms with Gasteiger partial charge in [-0.05, 0) is 36.6 Å². The summed E-state index contributed by atoms with van der Waals surface area (Å²) >= 11 is 0. The first-order valence-corrected chi connectivity index (χ1v) is 7.57. The van der Waals surface area contributed by atoms with Crippen molar-refractivity contribution >= 4 is 11.9 Å². The number of aryl methyl sites for hydroxylation is 1. The lowest BCUT2D eigenvalue weighted by molar-refractivity contribution is 0.0955. The Kier molecular flexibility index (Phi) is 5.63. The Labute approximate surface area is 138 Å². The van der Waals surface area contributed by atoms with Gasteiger partial charge in [-0.2, -0.15) is 0 Å². The Morgan fingerprint density at radius 2 is 1.62 bits per heavy atom. The highest BCUT2D eigenvalue weighted by Crippen LogP contribution is 2.14. The number of benzene rings is 2. The predicted molar refractivity (Wildman–Crippen MR) is 86.6 cm³/mol. The summed E-state index contributed by atoms with van der Waals surface area (Å²) in [6.45, 7) is 3.78. The van der Waals surface area contributed by atoms with Crippen molar-refractivity contribution in [2.45, 2.75) is 26.3 Å². The second-order valence-corrected chi connectivity index (χ2v) is 5.34. The summed E-state index contributed by atoms with van der Waals surface area (Å²) in [6, 6.07) is 9.51. The monoisotopic (exact) mass is 332 g/mol. The van der Waals surface area contributed by atoms with Gasteiger partial charge in [0.15, 0.2) is 0 Å². The molecule has 0 aliphatic heterocycles. The Hall–Kier alpha value is -2.76. The number of urea groups is 1. The van der Waals surface area contributed by atoms with Crippen molar-refractivity contribution in [2.24, 2.45) is 0 Å². The number of carbonyl (C=O) groups is 2. The Balaban J connectivity index is 2.00. The molecule has 0 spiro atoms. The Bertz CT molecular complexity index is 725. The van der Waals surface area contributed by atoms with Gasteiger partial charge in [0.05, 0.1) is 6.04 Å². The van der Waals surface area contributed by atoms with Gasteiger partial charge in [-0.25, -0.2) is 13.6 Å². The third kappa shape index (κ3) is 4.16. The van der Waals surface area contributed by atoms with E-state index in [1.807, 2.05) is 36.5 Å². The van der Waals surface area contributed by atoms with Crippen molar-refractivity contribution in [3.05, 3.63) is 70.8 Å². The van der Waals surface area contributed by atoms with Crippen LogP contribution in [0, 0.1) is 11.6 Å². The molecule has 126 valence electrons. The molecule has 2 N–H and O–H groups in total. The minimum absolute atomic E-state index is 0.367. The van der Waals surface area contributed by atoms with Gasteiger partial charge in [-0.15, -0.1) is 0 Å². The maximum Gasteiger partial charge on any atom is 0.322 e. The molecule has 0 aliphatic rings. The summed E-state index contributed by atoms with van der Waals surface area (Å²) in [4.78, 5) is 23.7. The van der Waals surface area contributed by atoms with E-state index >= 15 is 0 Å². The number of imide groups is 1. The van der Waals surface area contributed by atoms with Gasteiger partial charge in [0, 0.05) is 0 Å². The van der Waals surface area contributed by atoms with Crippen LogP contribution in [-0.4, -0.2) is 11.9 Å². The zero-order valence-corrected chi connectivity index (χ0v) is 13.4. The SMILES string of the molecule is CCc1ccc(C(C)NC(=O)NC(=O)c2c(F)cccc2F)cc1. The lowest BCUT2D eigenvalue weighted by atomic mass is 10.1. The number of rotatable bonds is 4. The van der Waals surface area contributed by atoms with Crippen LogP contribution in [0.2, 0.25) is 0 Å². The van der Waals surface area contributed by atoms with Crippen LogP contribution < -0.4 is 10.6 Å². The molecule has 0 aromatic heterocycles. The van der Waals surface area contributed by atoms with Crippen LogP contribution in [0.3, 0.4) is 0 Å². The standard InChI is InChI=1S/C18H18F2N2O2/c1-3-12-7-9-13(10-8-12)11(2)21-18(24)22-17(23)16-14(19)5-4-6-15(16)20/h4-11H,3H2,1-2H3,(H2,21,22,23,24). The van der Waals surface area contributed by atoms with Gasteiger partial charge in [0.2, 0.25) is 0 Å². The topological polar surface area (TPSA) is 58.2 Å². The first-order valence-electron chi connectivity index (χ1n) is 7.57. The maximum absolute atomic E-state index is 13.5. The molecule has 1 unspecified atom stereocenters. The first-order chi connectivity index (χ1) is 11.4. The van der Waals surface area contributed by atoms with Crippen molar-refractivity contribution in [2.75, 3.05) is 0 Å². The predicted octanol–water partition coefficient (Wildman–Crippen LogP) is 3.73. The van der Waals surface area contributed by atoms with E-state index in [4.69, 9.17) is 0 Å². The molecule has 0 bridgehead atoms. The summed E-state index contributed by atoms with van der Waals surface area (Å²) in [6.07, 6.45) is 0.908. The van der Waals surface area contributed by atoms with Crippen LogP contribution in [0.5, 0.6) is 0 Å². The van der Waals surface area contributed by atoms with Gasteiger partial charge in [0.25, 0.3) is 5.91 Å². The highest BCUT2D eigenvalue weighted by molar-refractivity contribution is 6.04. The molecule has 2 aromatic rings. The van der Waals surface area contributed by atoms with E-state index in [1.54, 1.807) is 6.92 Å². The lowest BCUT2D eigenvalue weighted by Crippen LogP contribution is -2.41. The molecular formula is C18H18F2N2O2. The van der Waals surface area contributed by atoms with E-state index < -0.39 is 29.1 Å². The number of halogens is 2. The number of amides is 3. The molecule has 3 amide bonds. The van der Waals surface area contributed by atoms with E-state index in [0.717, 1.165) is 30.2 Å². The van der Waals surface area contributed by atoms with E-state index in [2.05, 4.69) is 5.32 Å². The fraction of sp³-hybridized carbons (Fsp3) is 0.222. The highest BCUT2D eigenvalue weighted by Gasteiger charge is 2.20. The average Bonchev–Trinajstić information content (AvgIpc) is 2.54. The minimum atomic E-state index is -1.13. The van der Waals surface area contributed by atoms with E-state index in [0.29, 0.717) is 0 Å². The molecule has 0 heterocycles. The largest absolute Gasteiger partial charge is 0.331 e.